The second kappa shape index (κ2) is 8.64. The first-order valence-corrected chi connectivity index (χ1v) is 9.35. The Morgan fingerprint density at radius 3 is 2.56 bits per heavy atom. The number of carbonyl (C=O) groups excluding carboxylic acids is 2. The summed E-state index contributed by atoms with van der Waals surface area (Å²) >= 11 is 1.41. The molecule has 0 aliphatic rings. The van der Waals surface area contributed by atoms with Gasteiger partial charge in [0.25, 0.3) is 0 Å². The fourth-order valence-corrected chi connectivity index (χ4v) is 3.20. The first kappa shape index (κ1) is 18.8. The lowest BCUT2D eigenvalue weighted by Gasteiger charge is -2.07. The van der Waals surface area contributed by atoms with Gasteiger partial charge in [0.15, 0.2) is 0 Å². The SMILES string of the molecule is COc1ccc2c(CC(=O)NNC(=O)CSc3ccc(C)cc3)coc2c1. The number of furan rings is 1. The molecule has 0 aliphatic heterocycles. The van der Waals surface area contributed by atoms with Crippen LogP contribution in [0.3, 0.4) is 0 Å². The van der Waals surface area contributed by atoms with E-state index in [2.05, 4.69) is 10.9 Å². The summed E-state index contributed by atoms with van der Waals surface area (Å²) in [5, 5.41) is 0.840. The Hall–Kier alpha value is -2.93. The van der Waals surface area contributed by atoms with E-state index in [1.54, 1.807) is 19.4 Å². The van der Waals surface area contributed by atoms with Crippen LogP contribution in [0.15, 0.2) is 58.0 Å². The van der Waals surface area contributed by atoms with Gasteiger partial charge >= 0.3 is 0 Å². The van der Waals surface area contributed by atoms with Crippen molar-refractivity contribution in [3.05, 3.63) is 59.9 Å². The maximum Gasteiger partial charge on any atom is 0.248 e. The number of hydrogen-bond donors (Lipinski definition) is 2. The zero-order valence-electron chi connectivity index (χ0n) is 15.1. The van der Waals surface area contributed by atoms with Crippen LogP contribution < -0.4 is 15.6 Å². The Kier molecular flexibility index (Phi) is 6.03. The van der Waals surface area contributed by atoms with Gasteiger partial charge in [0.1, 0.15) is 11.3 Å². The molecule has 0 saturated heterocycles. The van der Waals surface area contributed by atoms with Gasteiger partial charge in [-0.05, 0) is 31.2 Å². The fraction of sp³-hybridized carbons (Fsp3) is 0.200. The predicted molar refractivity (Wildman–Crippen MR) is 105 cm³/mol. The molecule has 0 radical (unpaired) electrons. The van der Waals surface area contributed by atoms with Gasteiger partial charge in [-0.15, -0.1) is 11.8 Å². The maximum atomic E-state index is 12.1. The summed E-state index contributed by atoms with van der Waals surface area (Å²) in [5.74, 6) is 0.321. The molecular formula is C20H20N2O4S. The molecule has 140 valence electrons. The van der Waals surface area contributed by atoms with E-state index in [0.29, 0.717) is 11.3 Å². The molecular weight excluding hydrogens is 364 g/mol. The van der Waals surface area contributed by atoms with Crippen LogP contribution in [0.4, 0.5) is 0 Å². The molecule has 7 heteroatoms. The summed E-state index contributed by atoms with van der Waals surface area (Å²) in [7, 11) is 1.58. The first-order valence-electron chi connectivity index (χ1n) is 8.36. The van der Waals surface area contributed by atoms with Crippen LogP contribution in [-0.4, -0.2) is 24.7 Å². The highest BCUT2D eigenvalue weighted by Gasteiger charge is 2.12. The second-order valence-electron chi connectivity index (χ2n) is 6.00. The summed E-state index contributed by atoms with van der Waals surface area (Å²) in [6.45, 7) is 2.01. The standard InChI is InChI=1S/C20H20N2O4S/c1-13-3-6-16(7-4-13)27-12-20(24)22-21-19(23)9-14-11-26-18-10-15(25-2)5-8-17(14)18/h3-8,10-11H,9,12H2,1-2H3,(H,21,23)(H,22,24). The van der Waals surface area contributed by atoms with Crippen LogP contribution in [0.25, 0.3) is 11.0 Å². The number of fused-ring (bicyclic) bond motifs is 1. The zero-order valence-corrected chi connectivity index (χ0v) is 15.9. The van der Waals surface area contributed by atoms with Crippen LogP contribution in [0, 0.1) is 6.92 Å². The van der Waals surface area contributed by atoms with E-state index >= 15 is 0 Å². The van der Waals surface area contributed by atoms with Crippen molar-refractivity contribution in [3.63, 3.8) is 0 Å². The number of aryl methyl sites for hydroxylation is 1. The van der Waals surface area contributed by atoms with E-state index in [1.807, 2.05) is 43.3 Å². The fourth-order valence-electron chi connectivity index (χ4n) is 2.50. The Bertz CT molecular complexity index is 950. The molecule has 6 nitrogen and oxygen atoms in total. The second-order valence-corrected chi connectivity index (χ2v) is 7.05. The Morgan fingerprint density at radius 2 is 1.81 bits per heavy atom. The number of carbonyl (C=O) groups is 2. The Labute approximate surface area is 161 Å². The molecule has 3 rings (SSSR count). The van der Waals surface area contributed by atoms with Crippen molar-refractivity contribution < 1.29 is 18.7 Å². The monoisotopic (exact) mass is 384 g/mol. The van der Waals surface area contributed by atoms with Gasteiger partial charge in [0, 0.05) is 21.9 Å². The summed E-state index contributed by atoms with van der Waals surface area (Å²) in [6, 6.07) is 13.3. The van der Waals surface area contributed by atoms with E-state index in [1.165, 1.54) is 17.3 Å². The van der Waals surface area contributed by atoms with Crippen molar-refractivity contribution in [3.8, 4) is 5.75 Å². The molecule has 0 aliphatic carbocycles. The molecule has 2 amide bonds. The number of hydrogen-bond acceptors (Lipinski definition) is 5. The van der Waals surface area contributed by atoms with Crippen molar-refractivity contribution in [1.29, 1.82) is 0 Å². The Balaban J connectivity index is 1.48. The van der Waals surface area contributed by atoms with Crippen molar-refractivity contribution in [2.45, 2.75) is 18.2 Å². The molecule has 0 fully saturated rings. The number of amides is 2. The number of hydrazine groups is 1. The number of nitrogens with one attached hydrogen (secondary N) is 2. The average Bonchev–Trinajstić information content (AvgIpc) is 3.07. The number of benzene rings is 2. The normalized spacial score (nSPS) is 10.6. The third kappa shape index (κ3) is 5.04. The molecule has 2 aromatic carbocycles. The van der Waals surface area contributed by atoms with Gasteiger partial charge in [0.2, 0.25) is 11.8 Å². The van der Waals surface area contributed by atoms with E-state index in [4.69, 9.17) is 9.15 Å². The van der Waals surface area contributed by atoms with Gasteiger partial charge in [-0.25, -0.2) is 0 Å². The quantitative estimate of drug-likeness (QED) is 0.504. The van der Waals surface area contributed by atoms with E-state index in [0.717, 1.165) is 15.8 Å². The lowest BCUT2D eigenvalue weighted by molar-refractivity contribution is -0.127. The highest BCUT2D eigenvalue weighted by molar-refractivity contribution is 8.00. The van der Waals surface area contributed by atoms with Crippen LogP contribution in [0.2, 0.25) is 0 Å². The van der Waals surface area contributed by atoms with Crippen molar-refractivity contribution in [2.24, 2.45) is 0 Å². The molecule has 1 heterocycles. The molecule has 27 heavy (non-hydrogen) atoms. The van der Waals surface area contributed by atoms with Crippen LogP contribution >= 0.6 is 11.8 Å². The summed E-state index contributed by atoms with van der Waals surface area (Å²) < 4.78 is 10.6. The Morgan fingerprint density at radius 1 is 1.07 bits per heavy atom. The van der Waals surface area contributed by atoms with Gasteiger partial charge in [-0.3, -0.25) is 20.4 Å². The third-order valence-corrected chi connectivity index (χ3v) is 4.96. The van der Waals surface area contributed by atoms with Crippen molar-refractivity contribution in [2.75, 3.05) is 12.9 Å². The summed E-state index contributed by atoms with van der Waals surface area (Å²) in [5.41, 5.74) is 7.43. The maximum absolute atomic E-state index is 12.1. The highest BCUT2D eigenvalue weighted by atomic mass is 32.2. The number of methoxy groups -OCH3 is 1. The van der Waals surface area contributed by atoms with Crippen molar-refractivity contribution >= 4 is 34.5 Å². The molecule has 0 spiro atoms. The molecule has 2 N–H and O–H groups in total. The smallest absolute Gasteiger partial charge is 0.248 e. The van der Waals surface area contributed by atoms with Crippen LogP contribution in [0.1, 0.15) is 11.1 Å². The lowest BCUT2D eigenvalue weighted by atomic mass is 10.1. The third-order valence-electron chi connectivity index (χ3n) is 3.95. The molecule has 0 bridgehead atoms. The molecule has 0 saturated carbocycles. The number of rotatable bonds is 6. The summed E-state index contributed by atoms with van der Waals surface area (Å²) in [6.07, 6.45) is 1.64. The minimum absolute atomic E-state index is 0.102. The zero-order chi connectivity index (χ0) is 19.2. The predicted octanol–water partition coefficient (Wildman–Crippen LogP) is 3.23. The van der Waals surface area contributed by atoms with Gasteiger partial charge in [-0.2, -0.15) is 0 Å². The number of ether oxygens (including phenoxy) is 1. The van der Waals surface area contributed by atoms with Crippen LogP contribution in [0.5, 0.6) is 5.75 Å². The highest BCUT2D eigenvalue weighted by Crippen LogP contribution is 2.25. The van der Waals surface area contributed by atoms with Gasteiger partial charge in [-0.1, -0.05) is 17.7 Å². The van der Waals surface area contributed by atoms with E-state index < -0.39 is 0 Å². The molecule has 0 atom stereocenters. The van der Waals surface area contributed by atoms with E-state index in [9.17, 15) is 9.59 Å². The largest absolute Gasteiger partial charge is 0.497 e. The minimum atomic E-state index is -0.317. The topological polar surface area (TPSA) is 80.6 Å². The lowest BCUT2D eigenvalue weighted by Crippen LogP contribution is -2.43. The number of thioether (sulfide) groups is 1. The summed E-state index contributed by atoms with van der Waals surface area (Å²) in [4.78, 5) is 25.0. The minimum Gasteiger partial charge on any atom is -0.497 e. The van der Waals surface area contributed by atoms with E-state index in [-0.39, 0.29) is 24.0 Å². The van der Waals surface area contributed by atoms with Crippen molar-refractivity contribution in [1.82, 2.24) is 10.9 Å². The molecule has 0 unspecified atom stereocenters. The van der Waals surface area contributed by atoms with Crippen LogP contribution in [-0.2, 0) is 16.0 Å². The molecule has 1 aromatic heterocycles. The van der Waals surface area contributed by atoms with Gasteiger partial charge in [0.05, 0.1) is 25.5 Å². The average molecular weight is 384 g/mol. The first-order chi connectivity index (χ1) is 13.0. The van der Waals surface area contributed by atoms with Gasteiger partial charge < -0.3 is 9.15 Å². The molecule has 3 aromatic rings.